The van der Waals surface area contributed by atoms with E-state index in [2.05, 4.69) is 35.4 Å². The third-order valence-corrected chi connectivity index (χ3v) is 4.07. The van der Waals surface area contributed by atoms with E-state index >= 15 is 0 Å². The van der Waals surface area contributed by atoms with Crippen LogP contribution in [0.1, 0.15) is 16.0 Å². The molecule has 0 bridgehead atoms. The van der Waals surface area contributed by atoms with Crippen molar-refractivity contribution < 1.29 is 9.90 Å². The van der Waals surface area contributed by atoms with Crippen molar-refractivity contribution in [1.29, 1.82) is 0 Å². The summed E-state index contributed by atoms with van der Waals surface area (Å²) in [5.74, 6) is -0.118. The molecule has 0 radical (unpaired) electrons. The SMILES string of the molecule is Cc1cccc(Cc2cnc(NC(=O)CN(C)CCO)s2)c1. The normalized spacial score (nSPS) is 10.9. The summed E-state index contributed by atoms with van der Waals surface area (Å²) in [7, 11) is 1.79. The molecule has 2 aromatic rings. The number of carbonyl (C=O) groups excluding carboxylic acids is 1. The first-order valence-corrected chi connectivity index (χ1v) is 7.98. The molecule has 0 aliphatic rings. The first-order valence-electron chi connectivity index (χ1n) is 7.16. The van der Waals surface area contributed by atoms with Crippen LogP contribution in [0.4, 0.5) is 5.13 Å². The largest absolute Gasteiger partial charge is 0.395 e. The standard InChI is InChI=1S/C16H21N3O2S/c1-12-4-3-5-13(8-12)9-14-10-17-16(22-14)18-15(21)11-19(2)6-7-20/h3-5,8,10,20H,6-7,9,11H2,1-2H3,(H,17,18,21). The van der Waals surface area contributed by atoms with Gasteiger partial charge < -0.3 is 10.4 Å². The summed E-state index contributed by atoms with van der Waals surface area (Å²) in [4.78, 5) is 19.0. The maximum atomic E-state index is 11.8. The van der Waals surface area contributed by atoms with Crippen LogP contribution in [-0.4, -0.2) is 47.6 Å². The summed E-state index contributed by atoms with van der Waals surface area (Å²) < 4.78 is 0. The van der Waals surface area contributed by atoms with Crippen LogP contribution < -0.4 is 5.32 Å². The molecule has 0 saturated heterocycles. The molecule has 5 nitrogen and oxygen atoms in total. The van der Waals surface area contributed by atoms with E-state index in [9.17, 15) is 4.79 Å². The number of aromatic nitrogens is 1. The van der Waals surface area contributed by atoms with Gasteiger partial charge in [-0.2, -0.15) is 0 Å². The molecule has 0 aliphatic carbocycles. The van der Waals surface area contributed by atoms with Crippen molar-refractivity contribution in [1.82, 2.24) is 9.88 Å². The Morgan fingerprint density at radius 2 is 2.27 bits per heavy atom. The number of hydrogen-bond acceptors (Lipinski definition) is 5. The van der Waals surface area contributed by atoms with Crippen molar-refractivity contribution in [2.75, 3.05) is 32.1 Å². The van der Waals surface area contributed by atoms with Crippen molar-refractivity contribution in [3.05, 3.63) is 46.5 Å². The minimum atomic E-state index is -0.118. The molecule has 0 aliphatic heterocycles. The van der Waals surface area contributed by atoms with Gasteiger partial charge in [0.25, 0.3) is 0 Å². The van der Waals surface area contributed by atoms with Crippen LogP contribution in [0.15, 0.2) is 30.5 Å². The Kier molecular flexibility index (Phi) is 6.06. The highest BCUT2D eigenvalue weighted by molar-refractivity contribution is 7.15. The first kappa shape index (κ1) is 16.6. The Hall–Kier alpha value is -1.76. The van der Waals surface area contributed by atoms with E-state index < -0.39 is 0 Å². The van der Waals surface area contributed by atoms with Gasteiger partial charge in [-0.3, -0.25) is 9.69 Å². The van der Waals surface area contributed by atoms with Crippen LogP contribution in [0.3, 0.4) is 0 Å². The van der Waals surface area contributed by atoms with Gasteiger partial charge in [0, 0.05) is 24.0 Å². The molecule has 0 unspecified atom stereocenters. The Labute approximate surface area is 134 Å². The second kappa shape index (κ2) is 8.03. The van der Waals surface area contributed by atoms with E-state index in [4.69, 9.17) is 5.11 Å². The average Bonchev–Trinajstić information content (AvgIpc) is 2.85. The lowest BCUT2D eigenvalue weighted by atomic mass is 10.1. The molecule has 6 heteroatoms. The van der Waals surface area contributed by atoms with E-state index in [1.54, 1.807) is 18.1 Å². The predicted molar refractivity (Wildman–Crippen MR) is 89.3 cm³/mol. The fourth-order valence-electron chi connectivity index (χ4n) is 2.12. The number of anilines is 1. The molecule has 0 fully saturated rings. The average molecular weight is 319 g/mol. The third-order valence-electron chi connectivity index (χ3n) is 3.16. The quantitative estimate of drug-likeness (QED) is 0.818. The van der Waals surface area contributed by atoms with Gasteiger partial charge in [0.05, 0.1) is 13.2 Å². The summed E-state index contributed by atoms with van der Waals surface area (Å²) in [5.41, 5.74) is 2.48. The summed E-state index contributed by atoms with van der Waals surface area (Å²) >= 11 is 1.49. The van der Waals surface area contributed by atoms with Crippen LogP contribution in [0, 0.1) is 6.92 Å². The number of aryl methyl sites for hydroxylation is 1. The maximum Gasteiger partial charge on any atom is 0.240 e. The second-order valence-electron chi connectivity index (χ2n) is 5.31. The number of carbonyl (C=O) groups is 1. The number of likely N-dealkylation sites (N-methyl/N-ethyl adjacent to an activating group) is 1. The van der Waals surface area contributed by atoms with Gasteiger partial charge in [-0.15, -0.1) is 11.3 Å². The minimum Gasteiger partial charge on any atom is -0.395 e. The molecule has 2 rings (SSSR count). The number of nitrogens with one attached hydrogen (secondary N) is 1. The summed E-state index contributed by atoms with van der Waals surface area (Å²) in [6, 6.07) is 8.37. The highest BCUT2D eigenvalue weighted by Gasteiger charge is 2.09. The van der Waals surface area contributed by atoms with E-state index in [0.717, 1.165) is 11.3 Å². The van der Waals surface area contributed by atoms with Gasteiger partial charge in [0.1, 0.15) is 0 Å². The zero-order valence-electron chi connectivity index (χ0n) is 12.9. The number of aliphatic hydroxyl groups is 1. The number of rotatable bonds is 7. The van der Waals surface area contributed by atoms with Crippen molar-refractivity contribution in [3.63, 3.8) is 0 Å². The van der Waals surface area contributed by atoms with Gasteiger partial charge in [-0.25, -0.2) is 4.98 Å². The molecule has 1 aromatic carbocycles. The highest BCUT2D eigenvalue weighted by atomic mass is 32.1. The lowest BCUT2D eigenvalue weighted by Gasteiger charge is -2.13. The molecule has 1 heterocycles. The maximum absolute atomic E-state index is 11.8. The number of thiazole rings is 1. The smallest absolute Gasteiger partial charge is 0.240 e. The van der Waals surface area contributed by atoms with Crippen LogP contribution in [0.2, 0.25) is 0 Å². The fraction of sp³-hybridized carbons (Fsp3) is 0.375. The van der Waals surface area contributed by atoms with Crippen LogP contribution in [-0.2, 0) is 11.2 Å². The van der Waals surface area contributed by atoms with E-state index in [1.807, 2.05) is 6.07 Å². The number of aliphatic hydroxyl groups excluding tert-OH is 1. The molecule has 2 N–H and O–H groups in total. The molecule has 0 atom stereocenters. The van der Waals surface area contributed by atoms with E-state index in [1.165, 1.54) is 22.5 Å². The lowest BCUT2D eigenvalue weighted by Crippen LogP contribution is -2.32. The van der Waals surface area contributed by atoms with Crippen LogP contribution in [0.5, 0.6) is 0 Å². The van der Waals surface area contributed by atoms with E-state index in [-0.39, 0.29) is 19.1 Å². The Bertz CT molecular complexity index is 627. The molecule has 1 amide bonds. The number of benzene rings is 1. The summed E-state index contributed by atoms with van der Waals surface area (Å²) in [5, 5.41) is 12.2. The van der Waals surface area contributed by atoms with E-state index in [0.29, 0.717) is 11.7 Å². The molecule has 118 valence electrons. The molecular formula is C16H21N3O2S. The first-order chi connectivity index (χ1) is 10.6. The Balaban J connectivity index is 1.90. The molecule has 1 aromatic heterocycles. The zero-order valence-corrected chi connectivity index (χ0v) is 13.7. The topological polar surface area (TPSA) is 65.5 Å². The molecule has 22 heavy (non-hydrogen) atoms. The minimum absolute atomic E-state index is 0.0433. The lowest BCUT2D eigenvalue weighted by molar-refractivity contribution is -0.117. The van der Waals surface area contributed by atoms with Crippen LogP contribution in [0.25, 0.3) is 0 Å². The Morgan fingerprint density at radius 3 is 3.00 bits per heavy atom. The number of hydrogen-bond donors (Lipinski definition) is 2. The number of nitrogens with zero attached hydrogens (tertiary/aromatic N) is 2. The van der Waals surface area contributed by atoms with Crippen molar-refractivity contribution >= 4 is 22.4 Å². The Morgan fingerprint density at radius 1 is 1.45 bits per heavy atom. The van der Waals surface area contributed by atoms with Gasteiger partial charge in [0.15, 0.2) is 5.13 Å². The van der Waals surface area contributed by atoms with Gasteiger partial charge in [-0.1, -0.05) is 29.8 Å². The summed E-state index contributed by atoms with van der Waals surface area (Å²) in [6.45, 7) is 2.84. The predicted octanol–water partition coefficient (Wildman–Crippen LogP) is 1.90. The van der Waals surface area contributed by atoms with Crippen molar-refractivity contribution in [2.45, 2.75) is 13.3 Å². The highest BCUT2D eigenvalue weighted by Crippen LogP contribution is 2.21. The molecule has 0 saturated carbocycles. The van der Waals surface area contributed by atoms with Gasteiger partial charge in [0.2, 0.25) is 5.91 Å². The van der Waals surface area contributed by atoms with Crippen molar-refractivity contribution in [3.8, 4) is 0 Å². The third kappa shape index (κ3) is 5.22. The molecule has 0 spiro atoms. The van der Waals surface area contributed by atoms with Crippen molar-refractivity contribution in [2.24, 2.45) is 0 Å². The summed E-state index contributed by atoms with van der Waals surface area (Å²) in [6.07, 6.45) is 2.62. The monoisotopic (exact) mass is 319 g/mol. The fourth-order valence-corrected chi connectivity index (χ4v) is 2.99. The van der Waals surface area contributed by atoms with Gasteiger partial charge >= 0.3 is 0 Å². The second-order valence-corrected chi connectivity index (χ2v) is 6.42. The number of amides is 1. The molecular weight excluding hydrogens is 298 g/mol. The van der Waals surface area contributed by atoms with Crippen LogP contribution >= 0.6 is 11.3 Å². The van der Waals surface area contributed by atoms with Gasteiger partial charge in [-0.05, 0) is 19.5 Å². The zero-order chi connectivity index (χ0) is 15.9.